The van der Waals surface area contributed by atoms with Crippen LogP contribution in [0, 0.1) is 0 Å². The number of hydrogen-bond donors (Lipinski definition) is 3. The first kappa shape index (κ1) is 31.3. The molecule has 2 aromatic carbocycles. The second kappa shape index (κ2) is 13.0. The molecule has 46 heavy (non-hydrogen) atoms. The second-order valence-corrected chi connectivity index (χ2v) is 11.9. The van der Waals surface area contributed by atoms with Crippen molar-refractivity contribution >= 4 is 64.1 Å². The summed E-state index contributed by atoms with van der Waals surface area (Å²) in [6.07, 6.45) is 0.493. The van der Waals surface area contributed by atoms with Crippen molar-refractivity contribution in [1.29, 1.82) is 0 Å². The molecule has 3 aromatic heterocycles. The van der Waals surface area contributed by atoms with Crippen LogP contribution in [0.1, 0.15) is 28.9 Å². The van der Waals surface area contributed by atoms with Crippen molar-refractivity contribution in [2.45, 2.75) is 25.4 Å². The van der Waals surface area contributed by atoms with Gasteiger partial charge in [0.25, 0.3) is 0 Å². The van der Waals surface area contributed by atoms with Crippen LogP contribution in [0.25, 0.3) is 44.7 Å². The van der Waals surface area contributed by atoms with Crippen molar-refractivity contribution in [3.63, 3.8) is 0 Å². The quantitative estimate of drug-likeness (QED) is 0.137. The summed E-state index contributed by atoms with van der Waals surface area (Å²) in [6, 6.07) is 17.9. The van der Waals surface area contributed by atoms with Gasteiger partial charge in [-0.3, -0.25) is 9.59 Å². The molecule has 234 valence electrons. The normalized spacial score (nSPS) is 14.3. The number of amides is 2. The Morgan fingerprint density at radius 1 is 0.957 bits per heavy atom. The number of carboxylic acid groups (broad SMARTS) is 1. The molecule has 5 aromatic rings. The SMILES string of the molecule is COc1nc(-c2cccc(-c3cccc(-c4ccc5[nH]c(C=O)c(Cl)c5n4)c3Cl)c2Cl)ccc1CN(C[C@@H]1CCC(=O)N1)C(=O)O. The standard InChI is InChI=1S/C33H26Cl3N5O5/c1-46-32-17(14-41(33(44)45)15-18-9-13-27(43)37-18)8-10-24(40-32)22-7-3-5-20(29(22)35)19-4-2-6-21(28(19)34)23-11-12-25-31(39-23)30(36)26(16-42)38-25/h2-8,10-12,16,18,38H,9,13-15H2,1H3,(H,37,43)(H,44,45)/t18-/m0/s1. The molecule has 0 aliphatic carbocycles. The zero-order valence-electron chi connectivity index (χ0n) is 24.3. The van der Waals surface area contributed by atoms with Crippen molar-refractivity contribution in [1.82, 2.24) is 25.2 Å². The average molecular weight is 679 g/mol. The van der Waals surface area contributed by atoms with E-state index in [2.05, 4.69) is 20.3 Å². The number of methoxy groups -OCH3 is 1. The van der Waals surface area contributed by atoms with Gasteiger partial charge in [-0.1, -0.05) is 71.2 Å². The van der Waals surface area contributed by atoms with Crippen LogP contribution in [0.4, 0.5) is 4.79 Å². The lowest BCUT2D eigenvalue weighted by atomic mass is 9.98. The predicted octanol–water partition coefficient (Wildman–Crippen LogP) is 7.50. The molecule has 1 aliphatic rings. The van der Waals surface area contributed by atoms with E-state index >= 15 is 0 Å². The highest BCUT2D eigenvalue weighted by Crippen LogP contribution is 2.42. The lowest BCUT2D eigenvalue weighted by molar-refractivity contribution is -0.119. The maximum absolute atomic E-state index is 12.0. The van der Waals surface area contributed by atoms with E-state index in [0.717, 1.165) is 0 Å². The number of nitrogens with zero attached hydrogens (tertiary/aromatic N) is 3. The van der Waals surface area contributed by atoms with Gasteiger partial charge in [0.1, 0.15) is 11.2 Å². The predicted molar refractivity (Wildman–Crippen MR) is 177 cm³/mol. The summed E-state index contributed by atoms with van der Waals surface area (Å²) < 4.78 is 5.56. The monoisotopic (exact) mass is 677 g/mol. The number of aromatic amines is 1. The number of rotatable bonds is 9. The van der Waals surface area contributed by atoms with E-state index < -0.39 is 6.09 Å². The summed E-state index contributed by atoms with van der Waals surface area (Å²) in [6.45, 7) is 0.180. The van der Waals surface area contributed by atoms with Crippen LogP contribution in [-0.2, 0) is 11.3 Å². The Morgan fingerprint density at radius 2 is 1.59 bits per heavy atom. The highest BCUT2D eigenvalue weighted by molar-refractivity contribution is 6.39. The lowest BCUT2D eigenvalue weighted by Crippen LogP contribution is -2.41. The molecule has 6 rings (SSSR count). The fraction of sp³-hybridized carbons (Fsp3) is 0.182. The largest absolute Gasteiger partial charge is 0.481 e. The third kappa shape index (κ3) is 5.99. The Labute approximate surface area is 278 Å². The Balaban J connectivity index is 1.32. The van der Waals surface area contributed by atoms with Gasteiger partial charge in [0.05, 0.1) is 45.6 Å². The van der Waals surface area contributed by atoms with Gasteiger partial charge < -0.3 is 25.0 Å². The molecule has 3 N–H and O–H groups in total. The fourth-order valence-corrected chi connectivity index (χ4v) is 6.46. The van der Waals surface area contributed by atoms with Gasteiger partial charge in [0.15, 0.2) is 6.29 Å². The number of pyridine rings is 2. The molecule has 0 bridgehead atoms. The minimum Gasteiger partial charge on any atom is -0.481 e. The smallest absolute Gasteiger partial charge is 0.407 e. The van der Waals surface area contributed by atoms with Crippen molar-refractivity contribution in [2.75, 3.05) is 13.7 Å². The molecule has 0 unspecified atom stereocenters. The number of halogens is 3. The van der Waals surface area contributed by atoms with Crippen LogP contribution in [0.2, 0.25) is 15.1 Å². The number of aldehydes is 1. The first-order valence-electron chi connectivity index (χ1n) is 14.2. The summed E-state index contributed by atoms with van der Waals surface area (Å²) in [5.41, 5.74) is 5.59. The summed E-state index contributed by atoms with van der Waals surface area (Å²) in [5, 5.41) is 13.7. The average Bonchev–Trinajstić information content (AvgIpc) is 3.62. The van der Waals surface area contributed by atoms with Crippen molar-refractivity contribution in [2.24, 2.45) is 0 Å². The van der Waals surface area contributed by atoms with E-state index in [1.165, 1.54) is 12.0 Å². The van der Waals surface area contributed by atoms with Crippen LogP contribution >= 0.6 is 34.8 Å². The third-order valence-corrected chi connectivity index (χ3v) is 9.05. The zero-order chi connectivity index (χ0) is 32.5. The number of H-pyrrole nitrogens is 1. The topological polar surface area (TPSA) is 138 Å². The molecular weight excluding hydrogens is 653 g/mol. The summed E-state index contributed by atoms with van der Waals surface area (Å²) in [5.74, 6) is 0.170. The number of carbonyl (C=O) groups is 3. The first-order chi connectivity index (χ1) is 22.2. The van der Waals surface area contributed by atoms with Gasteiger partial charge in [-0.05, 0) is 30.7 Å². The van der Waals surface area contributed by atoms with E-state index in [1.807, 2.05) is 36.4 Å². The molecule has 0 spiro atoms. The number of fused-ring (bicyclic) bond motifs is 1. The number of carbonyl (C=O) groups excluding carboxylic acids is 2. The number of benzene rings is 2. The Morgan fingerprint density at radius 3 is 2.17 bits per heavy atom. The number of aromatic nitrogens is 3. The van der Waals surface area contributed by atoms with E-state index in [4.69, 9.17) is 39.5 Å². The van der Waals surface area contributed by atoms with Crippen molar-refractivity contribution < 1.29 is 24.2 Å². The Kier molecular flexibility index (Phi) is 8.86. The van der Waals surface area contributed by atoms with Crippen molar-refractivity contribution in [3.8, 4) is 39.5 Å². The maximum atomic E-state index is 12.0. The minimum atomic E-state index is -1.11. The van der Waals surface area contributed by atoms with Crippen LogP contribution < -0.4 is 10.1 Å². The highest BCUT2D eigenvalue weighted by atomic mass is 35.5. The molecule has 1 aliphatic heterocycles. The summed E-state index contributed by atoms with van der Waals surface area (Å²) in [4.78, 5) is 48.4. The zero-order valence-corrected chi connectivity index (χ0v) is 26.6. The molecule has 13 heteroatoms. The Bertz CT molecular complexity index is 2010. The number of nitrogens with one attached hydrogen (secondary N) is 2. The van der Waals surface area contributed by atoms with Gasteiger partial charge in [0.2, 0.25) is 11.8 Å². The first-order valence-corrected chi connectivity index (χ1v) is 15.3. The summed E-state index contributed by atoms with van der Waals surface area (Å²) >= 11 is 20.3. The molecule has 1 saturated heterocycles. The molecule has 0 radical (unpaired) electrons. The van der Waals surface area contributed by atoms with Crippen LogP contribution in [0.15, 0.2) is 60.7 Å². The Hall–Kier alpha value is -4.64. The second-order valence-electron chi connectivity index (χ2n) is 10.7. The van der Waals surface area contributed by atoms with Crippen LogP contribution in [0.5, 0.6) is 5.88 Å². The van der Waals surface area contributed by atoms with E-state index in [-0.39, 0.29) is 41.6 Å². The highest BCUT2D eigenvalue weighted by Gasteiger charge is 2.26. The molecule has 1 fully saturated rings. The fourth-order valence-electron chi connectivity index (χ4n) is 5.57. The van der Waals surface area contributed by atoms with Crippen molar-refractivity contribution in [3.05, 3.63) is 87.0 Å². The van der Waals surface area contributed by atoms with Gasteiger partial charge in [-0.2, -0.15) is 0 Å². The number of hydrogen-bond acceptors (Lipinski definition) is 6. The van der Waals surface area contributed by atoms with Gasteiger partial charge >= 0.3 is 6.09 Å². The van der Waals surface area contributed by atoms with E-state index in [9.17, 15) is 19.5 Å². The molecular formula is C33H26Cl3N5O5. The molecule has 4 heterocycles. The van der Waals surface area contributed by atoms with Crippen LogP contribution in [-0.4, -0.2) is 62.9 Å². The minimum absolute atomic E-state index is 0.0264. The van der Waals surface area contributed by atoms with Gasteiger partial charge in [0, 0.05) is 46.8 Å². The molecule has 0 saturated carbocycles. The molecule has 2 amide bonds. The third-order valence-electron chi connectivity index (χ3n) is 7.86. The molecule has 10 nitrogen and oxygen atoms in total. The summed E-state index contributed by atoms with van der Waals surface area (Å²) in [7, 11) is 1.47. The maximum Gasteiger partial charge on any atom is 0.407 e. The van der Waals surface area contributed by atoms with Gasteiger partial charge in [-0.25, -0.2) is 14.8 Å². The van der Waals surface area contributed by atoms with Crippen LogP contribution in [0.3, 0.4) is 0 Å². The number of ether oxygens (including phenoxy) is 1. The van der Waals surface area contributed by atoms with Gasteiger partial charge in [-0.15, -0.1) is 0 Å². The van der Waals surface area contributed by atoms with E-state index in [0.29, 0.717) is 79.4 Å². The lowest BCUT2D eigenvalue weighted by Gasteiger charge is -2.23. The molecule has 1 atom stereocenters. The van der Waals surface area contributed by atoms with E-state index in [1.54, 1.807) is 24.3 Å².